The second kappa shape index (κ2) is 7.14. The van der Waals surface area contributed by atoms with Crippen LogP contribution in [-0.2, 0) is 13.0 Å². The summed E-state index contributed by atoms with van der Waals surface area (Å²) in [4.78, 5) is 19.1. The molecule has 1 aromatic carbocycles. The number of carbonyl (C=O) groups excluding carboxylic acids is 1. The second-order valence-electron chi connectivity index (χ2n) is 7.87. The van der Waals surface area contributed by atoms with E-state index in [9.17, 15) is 4.79 Å². The zero-order chi connectivity index (χ0) is 18.1. The van der Waals surface area contributed by atoms with Gasteiger partial charge >= 0.3 is 6.03 Å². The average Bonchev–Trinajstić information content (AvgIpc) is 3.24. The Morgan fingerprint density at radius 2 is 1.96 bits per heavy atom. The van der Waals surface area contributed by atoms with Gasteiger partial charge in [-0.25, -0.2) is 9.78 Å². The molecule has 1 atom stereocenters. The normalized spacial score (nSPS) is 19.8. The molecule has 0 bridgehead atoms. The number of likely N-dealkylation sites (tertiary alicyclic amines) is 1. The number of nitrogens with one attached hydrogen (secondary N) is 1. The molecular weight excluding hydrogens is 324 g/mol. The maximum atomic E-state index is 12.5. The minimum Gasteiger partial charge on any atom is -0.334 e. The van der Waals surface area contributed by atoms with Crippen LogP contribution in [0.15, 0.2) is 30.5 Å². The summed E-state index contributed by atoms with van der Waals surface area (Å²) >= 11 is 0. The van der Waals surface area contributed by atoms with Crippen LogP contribution in [0, 0.1) is 19.8 Å². The number of imidazole rings is 1. The van der Waals surface area contributed by atoms with E-state index in [1.807, 2.05) is 11.1 Å². The largest absolute Gasteiger partial charge is 0.334 e. The molecule has 1 aromatic heterocycles. The van der Waals surface area contributed by atoms with Gasteiger partial charge in [0.05, 0.1) is 0 Å². The fourth-order valence-corrected chi connectivity index (χ4v) is 3.92. The van der Waals surface area contributed by atoms with E-state index in [2.05, 4.69) is 53.0 Å². The summed E-state index contributed by atoms with van der Waals surface area (Å²) in [6.07, 6.45) is 6.60. The zero-order valence-electron chi connectivity index (χ0n) is 15.7. The number of aromatic nitrogens is 2. The van der Waals surface area contributed by atoms with Crippen molar-refractivity contribution in [3.63, 3.8) is 0 Å². The van der Waals surface area contributed by atoms with Crippen molar-refractivity contribution >= 4 is 6.03 Å². The predicted molar refractivity (Wildman–Crippen MR) is 102 cm³/mol. The van der Waals surface area contributed by atoms with E-state index >= 15 is 0 Å². The zero-order valence-corrected chi connectivity index (χ0v) is 15.7. The first-order valence-corrected chi connectivity index (χ1v) is 9.71. The van der Waals surface area contributed by atoms with Gasteiger partial charge in [0.2, 0.25) is 0 Å². The molecule has 2 heterocycles. The average molecular weight is 352 g/mol. The van der Waals surface area contributed by atoms with Crippen molar-refractivity contribution in [2.75, 3.05) is 13.1 Å². The van der Waals surface area contributed by atoms with Crippen LogP contribution in [0.25, 0.3) is 0 Å². The predicted octanol–water partition coefficient (Wildman–Crippen LogP) is 3.61. The van der Waals surface area contributed by atoms with Crippen molar-refractivity contribution in [1.29, 1.82) is 0 Å². The van der Waals surface area contributed by atoms with Crippen molar-refractivity contribution in [3.05, 3.63) is 53.1 Å². The molecule has 5 heteroatoms. The van der Waals surface area contributed by atoms with Gasteiger partial charge in [0.15, 0.2) is 0 Å². The Bertz CT molecular complexity index is 776. The van der Waals surface area contributed by atoms with Crippen LogP contribution in [-0.4, -0.2) is 33.6 Å². The molecule has 138 valence electrons. The number of hydrogen-bond acceptors (Lipinski definition) is 2. The Balaban J connectivity index is 1.29. The number of aryl methyl sites for hydroxylation is 2. The molecule has 2 fully saturated rings. The Labute approximate surface area is 155 Å². The molecule has 0 spiro atoms. The lowest BCUT2D eigenvalue weighted by molar-refractivity contribution is 0.206. The summed E-state index contributed by atoms with van der Waals surface area (Å²) in [5.74, 6) is 1.72. The van der Waals surface area contributed by atoms with E-state index in [0.717, 1.165) is 31.5 Å². The van der Waals surface area contributed by atoms with Crippen molar-refractivity contribution in [3.8, 4) is 0 Å². The molecule has 26 heavy (non-hydrogen) atoms. The molecule has 1 aliphatic carbocycles. The monoisotopic (exact) mass is 352 g/mol. The maximum absolute atomic E-state index is 12.5. The highest BCUT2D eigenvalue weighted by molar-refractivity contribution is 5.74. The fourth-order valence-electron chi connectivity index (χ4n) is 3.92. The first-order chi connectivity index (χ1) is 12.6. The van der Waals surface area contributed by atoms with Crippen molar-refractivity contribution in [2.45, 2.75) is 52.1 Å². The molecule has 1 saturated heterocycles. The van der Waals surface area contributed by atoms with E-state index in [-0.39, 0.29) is 6.03 Å². The van der Waals surface area contributed by atoms with Gasteiger partial charge in [-0.05, 0) is 44.6 Å². The van der Waals surface area contributed by atoms with E-state index in [4.69, 9.17) is 0 Å². The van der Waals surface area contributed by atoms with Crippen LogP contribution in [0.3, 0.4) is 0 Å². The van der Waals surface area contributed by atoms with Gasteiger partial charge in [0.1, 0.15) is 5.82 Å². The molecule has 0 radical (unpaired) electrons. The van der Waals surface area contributed by atoms with E-state index in [1.54, 1.807) is 0 Å². The summed E-state index contributed by atoms with van der Waals surface area (Å²) in [7, 11) is 0. The highest BCUT2D eigenvalue weighted by Gasteiger charge is 2.31. The Kier molecular flexibility index (Phi) is 4.70. The van der Waals surface area contributed by atoms with Crippen LogP contribution >= 0.6 is 0 Å². The molecule has 2 aliphatic rings. The van der Waals surface area contributed by atoms with Crippen molar-refractivity contribution < 1.29 is 4.79 Å². The van der Waals surface area contributed by atoms with Gasteiger partial charge in [-0.2, -0.15) is 0 Å². The van der Waals surface area contributed by atoms with Gasteiger partial charge < -0.3 is 14.8 Å². The smallest absolute Gasteiger partial charge is 0.317 e. The standard InChI is InChI=1S/C21H28N4O/c1-15-3-5-17(6-4-15)13-23-21(26)24-10-9-18(14-24)11-20-22-12-16(2)25(20)19-7-8-19/h3-6,12,18-19H,7-11,13-14H2,1-2H3,(H,23,26). The van der Waals surface area contributed by atoms with Gasteiger partial charge in [-0.1, -0.05) is 29.8 Å². The maximum Gasteiger partial charge on any atom is 0.317 e. The van der Waals surface area contributed by atoms with Crippen LogP contribution in [0.5, 0.6) is 0 Å². The minimum absolute atomic E-state index is 0.0507. The molecule has 1 saturated carbocycles. The molecule has 2 amide bonds. The van der Waals surface area contributed by atoms with Crippen molar-refractivity contribution in [2.24, 2.45) is 5.92 Å². The van der Waals surface area contributed by atoms with Crippen LogP contribution < -0.4 is 5.32 Å². The Morgan fingerprint density at radius 1 is 1.19 bits per heavy atom. The lowest BCUT2D eigenvalue weighted by atomic mass is 10.0. The summed E-state index contributed by atoms with van der Waals surface area (Å²) in [5, 5.41) is 3.05. The number of urea groups is 1. The third-order valence-electron chi connectivity index (χ3n) is 5.58. The van der Waals surface area contributed by atoms with Crippen LogP contribution in [0.2, 0.25) is 0 Å². The Morgan fingerprint density at radius 3 is 2.69 bits per heavy atom. The summed E-state index contributed by atoms with van der Waals surface area (Å²) in [6.45, 7) is 6.48. The fraction of sp³-hybridized carbons (Fsp3) is 0.524. The number of carbonyl (C=O) groups is 1. The quantitative estimate of drug-likeness (QED) is 0.894. The lowest BCUT2D eigenvalue weighted by Crippen LogP contribution is -2.38. The number of amides is 2. The molecule has 2 aromatic rings. The van der Waals surface area contributed by atoms with Crippen LogP contribution in [0.4, 0.5) is 4.79 Å². The highest BCUT2D eigenvalue weighted by atomic mass is 16.2. The highest BCUT2D eigenvalue weighted by Crippen LogP contribution is 2.37. The molecular formula is C21H28N4O. The van der Waals surface area contributed by atoms with Gasteiger partial charge in [0.25, 0.3) is 0 Å². The molecule has 4 rings (SSSR count). The van der Waals surface area contributed by atoms with Gasteiger partial charge in [-0.15, -0.1) is 0 Å². The number of hydrogen-bond donors (Lipinski definition) is 1. The molecule has 1 unspecified atom stereocenters. The van der Waals surface area contributed by atoms with Crippen LogP contribution in [0.1, 0.15) is 47.9 Å². The number of nitrogens with zero attached hydrogens (tertiary/aromatic N) is 3. The number of benzene rings is 1. The summed E-state index contributed by atoms with van der Waals surface area (Å²) in [6, 6.07) is 9.03. The summed E-state index contributed by atoms with van der Waals surface area (Å²) in [5.41, 5.74) is 3.65. The van der Waals surface area contributed by atoms with E-state index in [1.165, 1.54) is 29.9 Å². The third-order valence-corrected chi connectivity index (χ3v) is 5.58. The van der Waals surface area contributed by atoms with Gasteiger partial charge in [-0.3, -0.25) is 0 Å². The lowest BCUT2D eigenvalue weighted by Gasteiger charge is -2.18. The van der Waals surface area contributed by atoms with E-state index in [0.29, 0.717) is 18.5 Å². The first kappa shape index (κ1) is 17.1. The molecule has 5 nitrogen and oxygen atoms in total. The topological polar surface area (TPSA) is 50.2 Å². The molecule has 1 aliphatic heterocycles. The molecule has 1 N–H and O–H groups in total. The SMILES string of the molecule is Cc1ccc(CNC(=O)N2CCC(Cc3ncc(C)n3C3CC3)C2)cc1. The third kappa shape index (κ3) is 3.76. The Hall–Kier alpha value is -2.30. The van der Waals surface area contributed by atoms with E-state index < -0.39 is 0 Å². The first-order valence-electron chi connectivity index (χ1n) is 9.71. The summed E-state index contributed by atoms with van der Waals surface area (Å²) < 4.78 is 2.42. The minimum atomic E-state index is 0.0507. The second-order valence-corrected chi connectivity index (χ2v) is 7.87. The van der Waals surface area contributed by atoms with Crippen molar-refractivity contribution in [1.82, 2.24) is 19.8 Å². The number of rotatable bonds is 5. The van der Waals surface area contributed by atoms with Gasteiger partial charge in [0, 0.05) is 44.0 Å².